The first-order chi connectivity index (χ1) is 9.59. The summed E-state index contributed by atoms with van der Waals surface area (Å²) in [5, 5.41) is 6.02. The smallest absolute Gasteiger partial charge is 0.286 e. The SMILES string of the molecule is CC1NCCN(C(=O)CCNC(=O)c2ccco2)C1C.Cl. The van der Waals surface area contributed by atoms with E-state index >= 15 is 0 Å². The molecule has 2 amide bonds. The Morgan fingerprint density at radius 3 is 2.90 bits per heavy atom. The molecule has 0 aromatic carbocycles. The minimum atomic E-state index is -0.287. The van der Waals surface area contributed by atoms with Gasteiger partial charge in [0.1, 0.15) is 0 Å². The van der Waals surface area contributed by atoms with E-state index in [2.05, 4.69) is 17.6 Å². The predicted molar refractivity (Wildman–Crippen MR) is 81.5 cm³/mol. The molecule has 118 valence electrons. The number of rotatable bonds is 4. The fraction of sp³-hybridized carbons (Fsp3) is 0.571. The van der Waals surface area contributed by atoms with Crippen LogP contribution in [-0.4, -0.2) is 48.4 Å². The molecule has 2 N–H and O–H groups in total. The van der Waals surface area contributed by atoms with Crippen LogP contribution in [0.4, 0.5) is 0 Å². The molecule has 0 aliphatic carbocycles. The molecule has 7 heteroatoms. The number of furan rings is 1. The van der Waals surface area contributed by atoms with Gasteiger partial charge in [0, 0.05) is 38.1 Å². The summed E-state index contributed by atoms with van der Waals surface area (Å²) < 4.78 is 4.98. The summed E-state index contributed by atoms with van der Waals surface area (Å²) in [7, 11) is 0. The number of nitrogens with zero attached hydrogens (tertiary/aromatic N) is 1. The van der Waals surface area contributed by atoms with Gasteiger partial charge in [-0.1, -0.05) is 0 Å². The van der Waals surface area contributed by atoms with Crippen LogP contribution >= 0.6 is 12.4 Å². The summed E-state index contributed by atoms with van der Waals surface area (Å²) in [6, 6.07) is 3.73. The molecule has 2 heterocycles. The minimum Gasteiger partial charge on any atom is -0.459 e. The molecule has 2 unspecified atom stereocenters. The topological polar surface area (TPSA) is 74.6 Å². The van der Waals surface area contributed by atoms with Gasteiger partial charge in [-0.2, -0.15) is 0 Å². The van der Waals surface area contributed by atoms with Crippen LogP contribution in [0.2, 0.25) is 0 Å². The maximum atomic E-state index is 12.1. The van der Waals surface area contributed by atoms with Crippen molar-refractivity contribution < 1.29 is 14.0 Å². The van der Waals surface area contributed by atoms with Gasteiger partial charge in [-0.3, -0.25) is 9.59 Å². The van der Waals surface area contributed by atoms with Crippen molar-refractivity contribution in [3.05, 3.63) is 24.2 Å². The lowest BCUT2D eigenvalue weighted by Crippen LogP contribution is -2.57. The van der Waals surface area contributed by atoms with Crippen molar-refractivity contribution in [2.45, 2.75) is 32.4 Å². The van der Waals surface area contributed by atoms with Crippen LogP contribution in [0.5, 0.6) is 0 Å². The maximum Gasteiger partial charge on any atom is 0.286 e. The third-order valence-electron chi connectivity index (χ3n) is 3.72. The zero-order valence-corrected chi connectivity index (χ0v) is 13.1. The van der Waals surface area contributed by atoms with Crippen LogP contribution in [0.3, 0.4) is 0 Å². The first-order valence-corrected chi connectivity index (χ1v) is 6.94. The zero-order chi connectivity index (χ0) is 14.5. The quantitative estimate of drug-likeness (QED) is 0.870. The van der Waals surface area contributed by atoms with Crippen LogP contribution in [-0.2, 0) is 4.79 Å². The van der Waals surface area contributed by atoms with E-state index in [1.807, 2.05) is 11.8 Å². The Balaban J connectivity index is 0.00000220. The normalized spacial score (nSPS) is 21.5. The molecule has 1 aromatic heterocycles. The second-order valence-electron chi connectivity index (χ2n) is 5.05. The summed E-state index contributed by atoms with van der Waals surface area (Å²) in [5.74, 6) is 0.0525. The lowest BCUT2D eigenvalue weighted by atomic mass is 10.1. The van der Waals surface area contributed by atoms with Gasteiger partial charge in [0.25, 0.3) is 5.91 Å². The van der Waals surface area contributed by atoms with Gasteiger partial charge in [-0.15, -0.1) is 12.4 Å². The highest BCUT2D eigenvalue weighted by molar-refractivity contribution is 5.91. The van der Waals surface area contributed by atoms with Crippen LogP contribution in [0.15, 0.2) is 22.8 Å². The Labute approximate surface area is 130 Å². The van der Waals surface area contributed by atoms with Crippen molar-refractivity contribution in [2.75, 3.05) is 19.6 Å². The zero-order valence-electron chi connectivity index (χ0n) is 12.3. The number of hydrogen-bond donors (Lipinski definition) is 2. The monoisotopic (exact) mass is 315 g/mol. The van der Waals surface area contributed by atoms with Gasteiger partial charge in [0.15, 0.2) is 5.76 Å². The fourth-order valence-corrected chi connectivity index (χ4v) is 2.33. The predicted octanol–water partition coefficient (Wildman–Crippen LogP) is 1.03. The highest BCUT2D eigenvalue weighted by atomic mass is 35.5. The second-order valence-corrected chi connectivity index (χ2v) is 5.05. The molecule has 1 fully saturated rings. The average Bonchev–Trinajstić information content (AvgIpc) is 2.95. The van der Waals surface area contributed by atoms with E-state index in [9.17, 15) is 9.59 Å². The average molecular weight is 316 g/mol. The van der Waals surface area contributed by atoms with Gasteiger partial charge >= 0.3 is 0 Å². The third kappa shape index (κ3) is 4.47. The molecule has 1 aliphatic rings. The first kappa shape index (κ1) is 17.5. The highest BCUT2D eigenvalue weighted by Gasteiger charge is 2.27. The van der Waals surface area contributed by atoms with Crippen molar-refractivity contribution in [3.8, 4) is 0 Å². The Morgan fingerprint density at radius 1 is 1.48 bits per heavy atom. The second kappa shape index (κ2) is 8.05. The van der Waals surface area contributed by atoms with E-state index in [-0.39, 0.29) is 36.0 Å². The molecular weight excluding hydrogens is 294 g/mol. The number of amides is 2. The van der Waals surface area contributed by atoms with E-state index in [0.717, 1.165) is 13.1 Å². The van der Waals surface area contributed by atoms with E-state index in [1.165, 1.54) is 6.26 Å². The van der Waals surface area contributed by atoms with E-state index in [4.69, 9.17) is 4.42 Å². The van der Waals surface area contributed by atoms with Gasteiger partial charge < -0.3 is 20.0 Å². The van der Waals surface area contributed by atoms with Crippen LogP contribution < -0.4 is 10.6 Å². The summed E-state index contributed by atoms with van der Waals surface area (Å²) in [4.78, 5) is 25.7. The molecule has 0 spiro atoms. The Hall–Kier alpha value is -1.53. The number of halogens is 1. The van der Waals surface area contributed by atoms with Crippen molar-refractivity contribution in [1.29, 1.82) is 0 Å². The molecule has 21 heavy (non-hydrogen) atoms. The Kier molecular flexibility index (Phi) is 6.71. The maximum absolute atomic E-state index is 12.1. The van der Waals surface area contributed by atoms with Crippen molar-refractivity contribution >= 4 is 24.2 Å². The number of carbonyl (C=O) groups is 2. The summed E-state index contributed by atoms with van der Waals surface area (Å²) in [6.07, 6.45) is 1.76. The molecule has 0 bridgehead atoms. The van der Waals surface area contributed by atoms with Crippen LogP contribution in [0.1, 0.15) is 30.8 Å². The summed E-state index contributed by atoms with van der Waals surface area (Å²) >= 11 is 0. The molecule has 0 radical (unpaired) electrons. The standard InChI is InChI=1S/C14H21N3O3.ClH/c1-10-11(2)17(8-7-15-10)13(18)5-6-16-14(19)12-4-3-9-20-12;/h3-4,9-11,15H,5-8H2,1-2H3,(H,16,19);1H. The van der Waals surface area contributed by atoms with Gasteiger partial charge in [-0.05, 0) is 26.0 Å². The van der Waals surface area contributed by atoms with Crippen molar-refractivity contribution in [1.82, 2.24) is 15.5 Å². The van der Waals surface area contributed by atoms with Crippen LogP contribution in [0.25, 0.3) is 0 Å². The fourth-order valence-electron chi connectivity index (χ4n) is 2.33. The lowest BCUT2D eigenvalue weighted by Gasteiger charge is -2.38. The number of hydrogen-bond acceptors (Lipinski definition) is 4. The minimum absolute atomic E-state index is 0. The summed E-state index contributed by atoms with van der Waals surface area (Å²) in [6.45, 7) is 5.97. The molecule has 1 saturated heterocycles. The van der Waals surface area contributed by atoms with Gasteiger partial charge in [-0.25, -0.2) is 0 Å². The molecule has 0 saturated carbocycles. The van der Waals surface area contributed by atoms with Crippen LogP contribution in [0, 0.1) is 0 Å². The van der Waals surface area contributed by atoms with Gasteiger partial charge in [0.05, 0.1) is 6.26 Å². The Bertz CT molecular complexity index is 464. The number of carbonyl (C=O) groups excluding carboxylic acids is 2. The summed E-state index contributed by atoms with van der Waals surface area (Å²) in [5.41, 5.74) is 0. The Morgan fingerprint density at radius 2 is 2.24 bits per heavy atom. The molecule has 1 aromatic rings. The highest BCUT2D eigenvalue weighted by Crippen LogP contribution is 2.10. The van der Waals surface area contributed by atoms with Crippen molar-refractivity contribution in [2.24, 2.45) is 0 Å². The van der Waals surface area contributed by atoms with E-state index < -0.39 is 0 Å². The van der Waals surface area contributed by atoms with E-state index in [0.29, 0.717) is 19.0 Å². The molecular formula is C14H22ClN3O3. The number of nitrogens with one attached hydrogen (secondary N) is 2. The van der Waals surface area contributed by atoms with E-state index in [1.54, 1.807) is 12.1 Å². The largest absolute Gasteiger partial charge is 0.459 e. The number of piperazine rings is 1. The lowest BCUT2D eigenvalue weighted by molar-refractivity contribution is -0.134. The third-order valence-corrected chi connectivity index (χ3v) is 3.72. The molecule has 2 rings (SSSR count). The molecule has 1 aliphatic heterocycles. The van der Waals surface area contributed by atoms with Crippen molar-refractivity contribution in [3.63, 3.8) is 0 Å². The first-order valence-electron chi connectivity index (χ1n) is 6.94. The molecule has 6 nitrogen and oxygen atoms in total. The van der Waals surface area contributed by atoms with Gasteiger partial charge in [0.2, 0.25) is 5.91 Å². The molecule has 2 atom stereocenters.